The number of aryl methyl sites for hydroxylation is 1. The fraction of sp³-hybridized carbons (Fsp3) is 0.611. The number of fused-ring (bicyclic) bond motifs is 3. The number of ether oxygens (including phenoxy) is 3. The molecule has 11 nitrogen and oxygen atoms in total. The Bertz CT molecular complexity index is 1970. The van der Waals surface area contributed by atoms with Crippen LogP contribution in [-0.2, 0) is 4.74 Å². The Morgan fingerprint density at radius 3 is 2.75 bits per heavy atom. The van der Waals surface area contributed by atoms with Gasteiger partial charge in [-0.25, -0.2) is 18.2 Å². The number of pyridine rings is 1. The van der Waals surface area contributed by atoms with E-state index in [1.165, 1.54) is 7.11 Å². The van der Waals surface area contributed by atoms with E-state index in [9.17, 15) is 13.9 Å². The number of benzene rings is 1. The molecule has 2 saturated heterocycles. The van der Waals surface area contributed by atoms with Gasteiger partial charge in [0.15, 0.2) is 5.82 Å². The van der Waals surface area contributed by atoms with Crippen molar-refractivity contribution in [2.24, 2.45) is 11.3 Å². The Kier molecular flexibility index (Phi) is 8.75. The Labute approximate surface area is 298 Å². The van der Waals surface area contributed by atoms with Gasteiger partial charge in [0.25, 0.3) is 0 Å². The summed E-state index contributed by atoms with van der Waals surface area (Å²) in [6, 6.07) is 2.03. The molecule has 3 atom stereocenters. The summed E-state index contributed by atoms with van der Waals surface area (Å²) in [5.41, 5.74) is 0.191. The molecule has 2 saturated carbocycles. The van der Waals surface area contributed by atoms with Crippen LogP contribution in [0.5, 0.6) is 11.9 Å². The zero-order valence-corrected chi connectivity index (χ0v) is 29.8. The number of methoxy groups -OCH3 is 1. The minimum absolute atomic E-state index is 0.00413. The molecule has 1 aromatic carbocycles. The third-order valence-corrected chi connectivity index (χ3v) is 11.8. The highest BCUT2D eigenvalue weighted by Gasteiger charge is 2.51. The molecule has 2 N–H and O–H groups in total. The number of alkyl halides is 2. The Morgan fingerprint density at radius 1 is 1.16 bits per heavy atom. The number of β-amino-alcohol motifs (C(OH)–C–C–N with tert-alkyl or cyclic N) is 1. The van der Waals surface area contributed by atoms with Gasteiger partial charge in [0.1, 0.15) is 28.0 Å². The van der Waals surface area contributed by atoms with Gasteiger partial charge in [0, 0.05) is 48.3 Å². The molecule has 15 heteroatoms. The molecular weight excluding hydrogens is 687 g/mol. The first-order valence-corrected chi connectivity index (χ1v) is 18.1. The molecule has 4 aromatic rings. The SMILES string of the molecule is COc1nc(-c2c(Cl)c(C)cc3[nH]ncc23)c(F)c2nc(OCC34CCCC3N(CC3CC(F)(F)C3)CCC4)nc(N3CCOCC(C)(O)C3)c12. The van der Waals surface area contributed by atoms with E-state index in [2.05, 4.69) is 20.1 Å². The van der Waals surface area contributed by atoms with Crippen LogP contribution in [0.15, 0.2) is 12.3 Å². The highest BCUT2D eigenvalue weighted by atomic mass is 35.5. The summed E-state index contributed by atoms with van der Waals surface area (Å²) >= 11 is 6.84. The average Bonchev–Trinajstić information content (AvgIpc) is 3.68. The number of aromatic nitrogens is 5. The average molecular weight is 730 g/mol. The van der Waals surface area contributed by atoms with E-state index in [1.807, 2.05) is 17.9 Å². The fourth-order valence-electron chi connectivity index (χ4n) is 9.01. The third-order valence-electron chi connectivity index (χ3n) is 11.3. The summed E-state index contributed by atoms with van der Waals surface area (Å²) in [6.07, 6.45) is 6.28. The molecule has 51 heavy (non-hydrogen) atoms. The van der Waals surface area contributed by atoms with E-state index in [4.69, 9.17) is 35.8 Å². The molecule has 3 unspecified atom stereocenters. The largest absolute Gasteiger partial charge is 0.480 e. The summed E-state index contributed by atoms with van der Waals surface area (Å²) in [5.74, 6) is -2.89. The molecule has 274 valence electrons. The van der Waals surface area contributed by atoms with Crippen LogP contribution in [0, 0.1) is 24.1 Å². The summed E-state index contributed by atoms with van der Waals surface area (Å²) < 4.78 is 62.6. The van der Waals surface area contributed by atoms with E-state index in [-0.39, 0.29) is 71.9 Å². The third kappa shape index (κ3) is 6.25. The Morgan fingerprint density at radius 2 is 1.96 bits per heavy atom. The van der Waals surface area contributed by atoms with Crippen LogP contribution in [0.3, 0.4) is 0 Å². The minimum atomic E-state index is -2.54. The molecule has 0 amide bonds. The zero-order chi connectivity index (χ0) is 35.7. The number of H-pyrrole nitrogens is 1. The van der Waals surface area contributed by atoms with Gasteiger partial charge in [-0.05, 0) is 63.6 Å². The lowest BCUT2D eigenvalue weighted by atomic mass is 9.74. The molecule has 4 fully saturated rings. The van der Waals surface area contributed by atoms with E-state index in [0.29, 0.717) is 59.2 Å². The van der Waals surface area contributed by atoms with Crippen LogP contribution in [0.1, 0.15) is 57.4 Å². The van der Waals surface area contributed by atoms with Gasteiger partial charge in [-0.2, -0.15) is 15.1 Å². The number of nitrogens with one attached hydrogen (secondary N) is 1. The monoisotopic (exact) mass is 729 g/mol. The van der Waals surface area contributed by atoms with Crippen molar-refractivity contribution in [2.45, 2.75) is 76.4 Å². The number of halogens is 4. The maximum atomic E-state index is 17.1. The minimum Gasteiger partial charge on any atom is -0.480 e. The number of rotatable bonds is 8. The number of anilines is 1. The van der Waals surface area contributed by atoms with Crippen LogP contribution in [0.4, 0.5) is 19.0 Å². The molecule has 0 spiro atoms. The summed E-state index contributed by atoms with van der Waals surface area (Å²) in [5, 5.41) is 19.3. The maximum absolute atomic E-state index is 17.1. The highest BCUT2D eigenvalue weighted by Crippen LogP contribution is 2.50. The molecule has 4 aliphatic rings. The lowest BCUT2D eigenvalue weighted by Crippen LogP contribution is -2.54. The first kappa shape index (κ1) is 34.6. The number of likely N-dealkylation sites (tertiary alicyclic amines) is 1. The normalized spacial score (nSPS) is 27.1. The van der Waals surface area contributed by atoms with Crippen LogP contribution < -0.4 is 14.4 Å². The summed E-state index contributed by atoms with van der Waals surface area (Å²) in [4.78, 5) is 18.4. The van der Waals surface area contributed by atoms with E-state index >= 15 is 4.39 Å². The fourth-order valence-corrected chi connectivity index (χ4v) is 9.26. The van der Waals surface area contributed by atoms with Crippen molar-refractivity contribution in [3.05, 3.63) is 28.7 Å². The van der Waals surface area contributed by atoms with Crippen molar-refractivity contribution in [3.8, 4) is 23.1 Å². The van der Waals surface area contributed by atoms with Crippen LogP contribution in [-0.4, -0.2) is 106 Å². The van der Waals surface area contributed by atoms with Crippen molar-refractivity contribution in [1.29, 1.82) is 0 Å². The molecule has 2 aliphatic heterocycles. The number of aliphatic hydroxyl groups is 1. The topological polar surface area (TPSA) is 122 Å². The van der Waals surface area contributed by atoms with E-state index < -0.39 is 17.3 Å². The quantitative estimate of drug-likeness (QED) is 0.213. The van der Waals surface area contributed by atoms with Crippen molar-refractivity contribution < 1.29 is 32.5 Å². The van der Waals surface area contributed by atoms with Gasteiger partial charge in [0.2, 0.25) is 11.8 Å². The molecule has 0 bridgehead atoms. The second kappa shape index (κ2) is 12.9. The van der Waals surface area contributed by atoms with Gasteiger partial charge >= 0.3 is 6.01 Å². The molecule has 3 aromatic heterocycles. The molecular formula is C36H43ClF3N7O4. The van der Waals surface area contributed by atoms with Gasteiger partial charge < -0.3 is 24.2 Å². The molecule has 0 radical (unpaired) electrons. The second-order valence-corrected chi connectivity index (χ2v) is 15.7. The highest BCUT2D eigenvalue weighted by molar-refractivity contribution is 6.35. The predicted molar refractivity (Wildman–Crippen MR) is 186 cm³/mol. The number of hydrogen-bond donors (Lipinski definition) is 2. The standard InChI is InChI=1S/C36H43ClF3N7O4/c1-20-12-23-22(15-41-45-23)25(27(20)37)29-28(38)30-26(32(42-29)49-3)31(47-10-11-50-18-34(2,48)17-47)44-33(43-30)51-19-35-7-4-6-24(35)46(9-5-8-35)16-21-13-36(39,40)14-21/h12,15,21,24,48H,4-11,13-14,16-19H2,1-3H3,(H,41,45). The lowest BCUT2D eigenvalue weighted by molar-refractivity contribution is -0.124. The van der Waals surface area contributed by atoms with Crippen LogP contribution in [0.25, 0.3) is 33.1 Å². The van der Waals surface area contributed by atoms with Crippen molar-refractivity contribution >= 4 is 39.2 Å². The van der Waals surface area contributed by atoms with Crippen LogP contribution >= 0.6 is 11.6 Å². The number of hydrogen-bond acceptors (Lipinski definition) is 10. The van der Waals surface area contributed by atoms with Crippen LogP contribution in [0.2, 0.25) is 5.02 Å². The van der Waals surface area contributed by atoms with Gasteiger partial charge in [0.05, 0.1) is 50.2 Å². The number of nitrogens with zero attached hydrogens (tertiary/aromatic N) is 6. The summed E-state index contributed by atoms with van der Waals surface area (Å²) in [6.45, 7) is 6.28. The van der Waals surface area contributed by atoms with Crippen molar-refractivity contribution in [3.63, 3.8) is 0 Å². The van der Waals surface area contributed by atoms with E-state index in [1.54, 1.807) is 13.1 Å². The molecule has 8 rings (SSSR count). The zero-order valence-electron chi connectivity index (χ0n) is 29.1. The van der Waals surface area contributed by atoms with E-state index in [0.717, 1.165) is 38.6 Å². The Balaban J connectivity index is 1.21. The molecule has 2 aliphatic carbocycles. The lowest BCUT2D eigenvalue weighted by Gasteiger charge is -2.48. The summed E-state index contributed by atoms with van der Waals surface area (Å²) in [7, 11) is 1.45. The molecule has 5 heterocycles. The smallest absolute Gasteiger partial charge is 0.319 e. The predicted octanol–water partition coefficient (Wildman–Crippen LogP) is 6.32. The van der Waals surface area contributed by atoms with Crippen molar-refractivity contribution in [1.82, 2.24) is 30.0 Å². The van der Waals surface area contributed by atoms with Gasteiger partial charge in [-0.15, -0.1) is 0 Å². The number of aromatic amines is 1. The van der Waals surface area contributed by atoms with Gasteiger partial charge in [-0.3, -0.25) is 10.00 Å². The van der Waals surface area contributed by atoms with Gasteiger partial charge in [-0.1, -0.05) is 18.0 Å². The first-order valence-electron chi connectivity index (χ1n) is 17.7. The van der Waals surface area contributed by atoms with Crippen molar-refractivity contribution in [2.75, 3.05) is 58.0 Å². The first-order chi connectivity index (χ1) is 24.4. The number of piperidine rings is 1. The Hall–Kier alpha value is -3.46. The maximum Gasteiger partial charge on any atom is 0.319 e. The second-order valence-electron chi connectivity index (χ2n) is 15.3.